The second-order valence-electron chi connectivity index (χ2n) is 3.61. The Kier molecular flexibility index (Phi) is 2.14. The minimum Gasteiger partial charge on any atom is -0.454 e. The first-order valence-electron chi connectivity index (χ1n) is 4.99. The van der Waals surface area contributed by atoms with Gasteiger partial charge in [-0.25, -0.2) is 4.39 Å². The molecule has 0 radical (unpaired) electrons. The van der Waals surface area contributed by atoms with Gasteiger partial charge in [-0.2, -0.15) is 0 Å². The molecule has 0 saturated carbocycles. The molecule has 1 aliphatic heterocycles. The first-order chi connectivity index (χ1) is 8.28. The van der Waals surface area contributed by atoms with Gasteiger partial charge >= 0.3 is 0 Å². The number of ether oxygens (including phenoxy) is 2. The zero-order valence-electron chi connectivity index (χ0n) is 8.77. The third kappa shape index (κ3) is 1.57. The third-order valence-corrected chi connectivity index (χ3v) is 2.54. The van der Waals surface area contributed by atoms with Crippen molar-refractivity contribution >= 4 is 5.82 Å². The number of nitrogens with two attached hydrogens (primary N) is 1. The molecule has 0 bridgehead atoms. The van der Waals surface area contributed by atoms with Crippen LogP contribution < -0.4 is 15.2 Å². The molecule has 1 aromatic carbocycles. The van der Waals surface area contributed by atoms with Gasteiger partial charge in [-0.05, 0) is 17.7 Å². The maximum Gasteiger partial charge on any atom is 0.231 e. The van der Waals surface area contributed by atoms with Gasteiger partial charge in [0.05, 0.1) is 0 Å². The maximum absolute atomic E-state index is 13.0. The molecule has 0 atom stereocenters. The van der Waals surface area contributed by atoms with Crippen LogP contribution >= 0.6 is 0 Å². The summed E-state index contributed by atoms with van der Waals surface area (Å²) in [4.78, 5) is 0. The SMILES string of the molecule is Nc1cc(-c2cc3c(cc2CF)OCO3)on1. The van der Waals surface area contributed by atoms with Gasteiger partial charge in [0.15, 0.2) is 23.1 Å². The second kappa shape index (κ2) is 3.65. The highest BCUT2D eigenvalue weighted by atomic mass is 19.1. The van der Waals surface area contributed by atoms with E-state index >= 15 is 0 Å². The first kappa shape index (κ1) is 9.95. The number of nitrogens with zero attached hydrogens (tertiary/aromatic N) is 1. The molecule has 1 aliphatic rings. The minimum atomic E-state index is -0.632. The highest BCUT2D eigenvalue weighted by molar-refractivity contribution is 5.69. The van der Waals surface area contributed by atoms with Crippen molar-refractivity contribution in [3.63, 3.8) is 0 Å². The number of nitrogen functional groups attached to an aromatic ring is 1. The Balaban J connectivity index is 2.15. The van der Waals surface area contributed by atoms with Crippen molar-refractivity contribution < 1.29 is 18.4 Å². The molecule has 0 amide bonds. The number of halogens is 1. The molecule has 2 aromatic rings. The highest BCUT2D eigenvalue weighted by Gasteiger charge is 2.19. The zero-order chi connectivity index (χ0) is 11.8. The van der Waals surface area contributed by atoms with Crippen LogP contribution in [0.2, 0.25) is 0 Å². The van der Waals surface area contributed by atoms with Crippen LogP contribution in [0.1, 0.15) is 5.56 Å². The molecule has 0 saturated heterocycles. The Hall–Kier alpha value is -2.24. The normalized spacial score (nSPS) is 13.0. The summed E-state index contributed by atoms with van der Waals surface area (Å²) in [6.07, 6.45) is 0. The predicted molar refractivity (Wildman–Crippen MR) is 57.3 cm³/mol. The van der Waals surface area contributed by atoms with Crippen molar-refractivity contribution in [2.24, 2.45) is 0 Å². The van der Waals surface area contributed by atoms with Crippen LogP contribution in [0.4, 0.5) is 10.2 Å². The molecule has 3 rings (SSSR count). The summed E-state index contributed by atoms with van der Waals surface area (Å²) >= 11 is 0. The van der Waals surface area contributed by atoms with Gasteiger partial charge in [0.2, 0.25) is 6.79 Å². The fourth-order valence-electron chi connectivity index (χ4n) is 1.74. The lowest BCUT2D eigenvalue weighted by Crippen LogP contribution is -1.92. The third-order valence-electron chi connectivity index (χ3n) is 2.54. The van der Waals surface area contributed by atoms with E-state index in [-0.39, 0.29) is 12.6 Å². The predicted octanol–water partition coefficient (Wildman–Crippen LogP) is 2.12. The fourth-order valence-corrected chi connectivity index (χ4v) is 1.74. The Morgan fingerprint density at radius 1 is 1.24 bits per heavy atom. The summed E-state index contributed by atoms with van der Waals surface area (Å²) in [5, 5.41) is 3.57. The summed E-state index contributed by atoms with van der Waals surface area (Å²) in [6.45, 7) is -0.490. The molecular weight excluding hydrogens is 227 g/mol. The van der Waals surface area contributed by atoms with E-state index in [4.69, 9.17) is 19.7 Å². The Morgan fingerprint density at radius 2 is 2.00 bits per heavy atom. The standard InChI is InChI=1S/C11H9FN2O3/c12-4-6-1-9-10(16-5-15-9)2-7(6)8-3-11(13)14-17-8/h1-3H,4-5H2,(H2,13,14). The lowest BCUT2D eigenvalue weighted by atomic mass is 10.1. The monoisotopic (exact) mass is 236 g/mol. The largest absolute Gasteiger partial charge is 0.454 e. The lowest BCUT2D eigenvalue weighted by molar-refractivity contribution is 0.174. The summed E-state index contributed by atoms with van der Waals surface area (Å²) in [5.41, 5.74) is 6.49. The zero-order valence-corrected chi connectivity index (χ0v) is 8.77. The van der Waals surface area contributed by atoms with Crippen molar-refractivity contribution in [3.05, 3.63) is 23.8 Å². The quantitative estimate of drug-likeness (QED) is 0.864. The lowest BCUT2D eigenvalue weighted by Gasteiger charge is -2.04. The van der Waals surface area contributed by atoms with E-state index in [0.29, 0.717) is 28.4 Å². The number of hydrogen-bond donors (Lipinski definition) is 1. The van der Waals surface area contributed by atoms with Gasteiger partial charge in [-0.3, -0.25) is 0 Å². The molecule has 88 valence electrons. The van der Waals surface area contributed by atoms with Gasteiger partial charge in [0.25, 0.3) is 0 Å². The summed E-state index contributed by atoms with van der Waals surface area (Å²) < 4.78 is 28.4. The summed E-state index contributed by atoms with van der Waals surface area (Å²) in [5.74, 6) is 1.76. The van der Waals surface area contributed by atoms with Crippen LogP contribution in [0.25, 0.3) is 11.3 Å². The molecule has 0 spiro atoms. The van der Waals surface area contributed by atoms with E-state index < -0.39 is 6.67 Å². The van der Waals surface area contributed by atoms with Crippen molar-refractivity contribution in [1.82, 2.24) is 5.16 Å². The Bertz CT molecular complexity index is 568. The van der Waals surface area contributed by atoms with E-state index in [0.717, 1.165) is 0 Å². The average molecular weight is 236 g/mol. The first-order valence-corrected chi connectivity index (χ1v) is 4.99. The number of fused-ring (bicyclic) bond motifs is 1. The molecule has 0 fully saturated rings. The van der Waals surface area contributed by atoms with Gasteiger partial charge in [-0.15, -0.1) is 0 Å². The van der Waals surface area contributed by atoms with Gasteiger partial charge in [0, 0.05) is 11.6 Å². The smallest absolute Gasteiger partial charge is 0.231 e. The number of benzene rings is 1. The topological polar surface area (TPSA) is 70.5 Å². The van der Waals surface area contributed by atoms with Crippen LogP contribution in [0.3, 0.4) is 0 Å². The molecule has 0 unspecified atom stereocenters. The Labute approximate surface area is 95.9 Å². The second-order valence-corrected chi connectivity index (χ2v) is 3.61. The van der Waals surface area contributed by atoms with Crippen molar-refractivity contribution in [3.8, 4) is 22.8 Å². The van der Waals surface area contributed by atoms with Crippen molar-refractivity contribution in [2.45, 2.75) is 6.67 Å². The minimum absolute atomic E-state index is 0.142. The van der Waals surface area contributed by atoms with Gasteiger partial charge in [0.1, 0.15) is 6.67 Å². The van der Waals surface area contributed by atoms with Crippen molar-refractivity contribution in [1.29, 1.82) is 0 Å². The number of hydrogen-bond acceptors (Lipinski definition) is 5. The maximum atomic E-state index is 13.0. The molecular formula is C11H9FN2O3. The van der Waals surface area contributed by atoms with Crippen LogP contribution in [0, 0.1) is 0 Å². The van der Waals surface area contributed by atoms with Crippen LogP contribution in [-0.2, 0) is 6.67 Å². The number of anilines is 1. The van der Waals surface area contributed by atoms with E-state index in [2.05, 4.69) is 5.16 Å². The Morgan fingerprint density at radius 3 is 2.65 bits per heavy atom. The number of alkyl halides is 1. The van der Waals surface area contributed by atoms with E-state index in [1.807, 2.05) is 0 Å². The van der Waals surface area contributed by atoms with Crippen LogP contribution in [0.15, 0.2) is 22.7 Å². The van der Waals surface area contributed by atoms with Crippen LogP contribution in [0.5, 0.6) is 11.5 Å². The molecule has 17 heavy (non-hydrogen) atoms. The fraction of sp³-hybridized carbons (Fsp3) is 0.182. The van der Waals surface area contributed by atoms with Crippen molar-refractivity contribution in [2.75, 3.05) is 12.5 Å². The van der Waals surface area contributed by atoms with Gasteiger partial charge < -0.3 is 19.7 Å². The molecule has 5 nitrogen and oxygen atoms in total. The van der Waals surface area contributed by atoms with E-state index in [1.54, 1.807) is 12.1 Å². The summed E-state index contributed by atoms with van der Waals surface area (Å²) in [7, 11) is 0. The van der Waals surface area contributed by atoms with E-state index in [9.17, 15) is 4.39 Å². The number of aromatic nitrogens is 1. The summed E-state index contributed by atoms with van der Waals surface area (Å²) in [6, 6.07) is 4.80. The van der Waals surface area contributed by atoms with Crippen LogP contribution in [-0.4, -0.2) is 11.9 Å². The molecule has 2 heterocycles. The molecule has 1 aromatic heterocycles. The highest BCUT2D eigenvalue weighted by Crippen LogP contribution is 2.39. The number of rotatable bonds is 2. The molecule has 2 N–H and O–H groups in total. The molecule has 0 aliphatic carbocycles. The van der Waals surface area contributed by atoms with Gasteiger partial charge in [-0.1, -0.05) is 5.16 Å². The molecule has 6 heteroatoms. The van der Waals surface area contributed by atoms with E-state index in [1.165, 1.54) is 6.07 Å². The average Bonchev–Trinajstić information content (AvgIpc) is 2.94.